The van der Waals surface area contributed by atoms with Crippen LogP contribution >= 0.6 is 0 Å². The topological polar surface area (TPSA) is 105 Å². The molecule has 206 valence electrons. The van der Waals surface area contributed by atoms with Crippen LogP contribution in [0, 0.1) is 19.7 Å². The molecule has 1 amide bonds. The Kier molecular flexibility index (Phi) is 7.33. The quantitative estimate of drug-likeness (QED) is 0.343. The maximum absolute atomic E-state index is 15.6. The first-order valence-corrected chi connectivity index (χ1v) is 14.9. The average molecular weight is 553 g/mol. The minimum absolute atomic E-state index is 0.0102. The van der Waals surface area contributed by atoms with Gasteiger partial charge in [-0.1, -0.05) is 61.7 Å². The van der Waals surface area contributed by atoms with Gasteiger partial charge in [0.05, 0.1) is 17.1 Å². The van der Waals surface area contributed by atoms with E-state index >= 15 is 4.39 Å². The number of aryl methyl sites for hydroxylation is 1. The number of amidine groups is 1. The summed E-state index contributed by atoms with van der Waals surface area (Å²) in [4.78, 5) is 20.0. The Hall–Kier alpha value is -3.53. The van der Waals surface area contributed by atoms with E-state index in [4.69, 9.17) is 9.52 Å². The minimum atomic E-state index is -4.10. The van der Waals surface area contributed by atoms with E-state index < -0.39 is 21.4 Å². The SMILES string of the molecule is CCCCC1=NC2(CCCC2)C(=O)N1Cc1ccc(-c2ccccc2S(=O)(=O)Nc2onc(C)c2C)c(F)c1. The Balaban J connectivity index is 1.42. The lowest BCUT2D eigenvalue weighted by Gasteiger charge is -2.23. The summed E-state index contributed by atoms with van der Waals surface area (Å²) >= 11 is 0. The molecule has 3 aromatic rings. The molecule has 39 heavy (non-hydrogen) atoms. The molecule has 5 rings (SSSR count). The molecule has 1 saturated carbocycles. The fourth-order valence-electron chi connectivity index (χ4n) is 5.37. The number of nitrogens with zero attached hydrogens (tertiary/aromatic N) is 3. The molecule has 0 bridgehead atoms. The highest BCUT2D eigenvalue weighted by molar-refractivity contribution is 7.92. The first-order valence-electron chi connectivity index (χ1n) is 13.4. The van der Waals surface area contributed by atoms with Crippen LogP contribution in [0.15, 0.2) is 56.9 Å². The number of hydrogen-bond donors (Lipinski definition) is 1. The van der Waals surface area contributed by atoms with Gasteiger partial charge in [-0.15, -0.1) is 0 Å². The van der Waals surface area contributed by atoms with Crippen molar-refractivity contribution in [3.8, 4) is 11.1 Å². The van der Waals surface area contributed by atoms with Gasteiger partial charge < -0.3 is 4.52 Å². The summed E-state index contributed by atoms with van der Waals surface area (Å²) in [5.74, 6) is 0.245. The van der Waals surface area contributed by atoms with Crippen molar-refractivity contribution < 1.29 is 22.1 Å². The van der Waals surface area contributed by atoms with Crippen LogP contribution in [-0.2, 0) is 21.4 Å². The van der Waals surface area contributed by atoms with Gasteiger partial charge in [-0.05, 0) is 50.8 Å². The minimum Gasteiger partial charge on any atom is -0.337 e. The van der Waals surface area contributed by atoms with Crippen molar-refractivity contribution in [3.05, 3.63) is 65.1 Å². The molecule has 2 aliphatic rings. The van der Waals surface area contributed by atoms with E-state index in [9.17, 15) is 13.2 Å². The molecule has 1 fully saturated rings. The molecular weight excluding hydrogens is 519 g/mol. The van der Waals surface area contributed by atoms with Gasteiger partial charge >= 0.3 is 0 Å². The summed E-state index contributed by atoms with van der Waals surface area (Å²) in [6.45, 7) is 5.74. The molecular formula is C29H33FN4O4S. The number of anilines is 1. The Labute approximate surface area is 228 Å². The Morgan fingerprint density at radius 3 is 2.51 bits per heavy atom. The number of aliphatic imine (C=N–C) groups is 1. The molecule has 1 N–H and O–H groups in total. The van der Waals surface area contributed by atoms with Gasteiger partial charge in [0, 0.05) is 23.1 Å². The summed E-state index contributed by atoms with van der Waals surface area (Å²) in [5, 5.41) is 3.79. The van der Waals surface area contributed by atoms with Crippen LogP contribution in [0.3, 0.4) is 0 Å². The highest BCUT2D eigenvalue weighted by atomic mass is 32.2. The smallest absolute Gasteiger partial charge is 0.264 e. The van der Waals surface area contributed by atoms with Crippen molar-refractivity contribution in [1.29, 1.82) is 0 Å². The lowest BCUT2D eigenvalue weighted by atomic mass is 9.98. The van der Waals surface area contributed by atoms with E-state index in [2.05, 4.69) is 16.8 Å². The van der Waals surface area contributed by atoms with Gasteiger partial charge in [0.15, 0.2) is 0 Å². The van der Waals surface area contributed by atoms with Crippen LogP contribution in [0.1, 0.15) is 68.7 Å². The molecule has 1 aliphatic carbocycles. The Bertz CT molecular complexity index is 1540. The second-order valence-electron chi connectivity index (χ2n) is 10.4. The molecule has 1 spiro atoms. The van der Waals surface area contributed by atoms with E-state index in [0.717, 1.165) is 44.4 Å². The number of rotatable bonds is 9. The van der Waals surface area contributed by atoms with Crippen molar-refractivity contribution in [3.63, 3.8) is 0 Å². The van der Waals surface area contributed by atoms with Crippen LogP contribution in [0.2, 0.25) is 0 Å². The fourth-order valence-corrected chi connectivity index (χ4v) is 6.64. The fraction of sp³-hybridized carbons (Fsp3) is 0.414. The van der Waals surface area contributed by atoms with E-state index in [1.54, 1.807) is 49.1 Å². The molecule has 0 radical (unpaired) electrons. The zero-order valence-corrected chi connectivity index (χ0v) is 23.3. The van der Waals surface area contributed by atoms with Crippen molar-refractivity contribution in [2.45, 2.75) is 82.7 Å². The van der Waals surface area contributed by atoms with E-state index in [-0.39, 0.29) is 34.4 Å². The Morgan fingerprint density at radius 1 is 1.10 bits per heavy atom. The van der Waals surface area contributed by atoms with Crippen LogP contribution in [-0.4, -0.2) is 35.8 Å². The number of unbranched alkanes of at least 4 members (excludes halogenated alkanes) is 1. The molecule has 0 atom stereocenters. The summed E-state index contributed by atoms with van der Waals surface area (Å²) in [6.07, 6.45) is 6.13. The predicted octanol–water partition coefficient (Wildman–Crippen LogP) is 6.14. The van der Waals surface area contributed by atoms with Gasteiger partial charge in [0.1, 0.15) is 17.2 Å². The standard InChI is InChI=1S/C29H33FN4O4S/c1-4-5-12-26-31-29(15-8-9-16-29)28(35)34(26)18-21-13-14-22(24(30)17-21)23-10-6-7-11-25(23)39(36,37)33-27-19(2)20(3)32-38-27/h6-7,10-11,13-14,17,33H,4-5,8-9,12,15-16,18H2,1-3H3. The number of hydrogen-bond acceptors (Lipinski definition) is 6. The van der Waals surface area contributed by atoms with Gasteiger partial charge in [-0.2, -0.15) is 0 Å². The third-order valence-corrected chi connectivity index (χ3v) is 9.10. The van der Waals surface area contributed by atoms with Crippen LogP contribution in [0.25, 0.3) is 11.1 Å². The molecule has 1 aromatic heterocycles. The van der Waals surface area contributed by atoms with Crippen molar-refractivity contribution in [1.82, 2.24) is 10.1 Å². The van der Waals surface area contributed by atoms with Gasteiger partial charge in [0.2, 0.25) is 5.88 Å². The number of carbonyl (C=O) groups excluding carboxylic acids is 1. The van der Waals surface area contributed by atoms with E-state index in [1.807, 2.05) is 0 Å². The second-order valence-corrected chi connectivity index (χ2v) is 12.1. The van der Waals surface area contributed by atoms with Crippen LogP contribution < -0.4 is 4.72 Å². The lowest BCUT2D eigenvalue weighted by molar-refractivity contribution is -0.131. The number of nitrogens with one attached hydrogen (secondary N) is 1. The average Bonchev–Trinajstić information content (AvgIpc) is 3.59. The summed E-state index contributed by atoms with van der Waals surface area (Å²) < 4.78 is 49.7. The van der Waals surface area contributed by atoms with E-state index in [0.29, 0.717) is 23.2 Å². The number of benzene rings is 2. The molecule has 2 heterocycles. The maximum Gasteiger partial charge on any atom is 0.264 e. The van der Waals surface area contributed by atoms with Crippen LogP contribution in [0.5, 0.6) is 0 Å². The predicted molar refractivity (Wildman–Crippen MR) is 147 cm³/mol. The highest BCUT2D eigenvalue weighted by Crippen LogP contribution is 2.40. The second kappa shape index (κ2) is 10.6. The summed E-state index contributed by atoms with van der Waals surface area (Å²) in [5.41, 5.74) is 1.48. The molecule has 10 heteroatoms. The Morgan fingerprint density at radius 2 is 1.85 bits per heavy atom. The molecule has 0 saturated heterocycles. The number of sulfonamides is 1. The normalized spacial score (nSPS) is 16.8. The number of halogens is 1. The molecule has 2 aromatic carbocycles. The summed E-state index contributed by atoms with van der Waals surface area (Å²) in [7, 11) is -4.10. The highest BCUT2D eigenvalue weighted by Gasteiger charge is 2.49. The van der Waals surface area contributed by atoms with Gasteiger partial charge in [-0.3, -0.25) is 14.7 Å². The maximum atomic E-state index is 15.6. The third kappa shape index (κ3) is 5.09. The molecule has 0 unspecified atom stereocenters. The zero-order valence-electron chi connectivity index (χ0n) is 22.5. The van der Waals surface area contributed by atoms with Crippen molar-refractivity contribution >= 4 is 27.7 Å². The van der Waals surface area contributed by atoms with Crippen LogP contribution in [0.4, 0.5) is 10.3 Å². The lowest BCUT2D eigenvalue weighted by Crippen LogP contribution is -2.40. The number of amides is 1. The monoisotopic (exact) mass is 552 g/mol. The van der Waals surface area contributed by atoms with Gasteiger partial charge in [0.25, 0.3) is 15.9 Å². The number of carbonyl (C=O) groups is 1. The molecule has 8 nitrogen and oxygen atoms in total. The molecule has 1 aliphatic heterocycles. The number of aromatic nitrogens is 1. The largest absolute Gasteiger partial charge is 0.337 e. The first-order chi connectivity index (χ1) is 18.6. The third-order valence-electron chi connectivity index (χ3n) is 7.71. The van der Waals surface area contributed by atoms with Crippen molar-refractivity contribution in [2.75, 3.05) is 4.72 Å². The first kappa shape index (κ1) is 27.1. The summed E-state index contributed by atoms with van der Waals surface area (Å²) in [6, 6.07) is 10.9. The van der Waals surface area contributed by atoms with Gasteiger partial charge in [-0.25, -0.2) is 17.5 Å². The zero-order chi connectivity index (χ0) is 27.8. The van der Waals surface area contributed by atoms with Crippen molar-refractivity contribution in [2.24, 2.45) is 4.99 Å². The van der Waals surface area contributed by atoms with E-state index in [1.165, 1.54) is 12.1 Å².